The fourth-order valence-electron chi connectivity index (χ4n) is 2.20. The van der Waals surface area contributed by atoms with E-state index in [9.17, 15) is 18.0 Å². The Morgan fingerprint density at radius 3 is 2.81 bits per heavy atom. The van der Waals surface area contributed by atoms with E-state index < -0.39 is 15.8 Å². The third kappa shape index (κ3) is 4.78. The molecule has 0 radical (unpaired) electrons. The molecule has 1 fully saturated rings. The number of thiazole rings is 1. The first-order valence-electron chi connectivity index (χ1n) is 6.50. The van der Waals surface area contributed by atoms with Crippen molar-refractivity contribution in [1.82, 2.24) is 10.3 Å². The Labute approximate surface area is 126 Å². The summed E-state index contributed by atoms with van der Waals surface area (Å²) in [6.07, 6.45) is 1.23. The van der Waals surface area contributed by atoms with Gasteiger partial charge in [-0.15, -0.1) is 11.3 Å². The zero-order valence-corrected chi connectivity index (χ0v) is 12.9. The topological polar surface area (TPSA) is 113 Å². The van der Waals surface area contributed by atoms with Crippen molar-refractivity contribution in [3.05, 3.63) is 16.1 Å². The molecular formula is C12H16N2O5S2. The van der Waals surface area contributed by atoms with Crippen molar-refractivity contribution in [3.8, 4) is 0 Å². The van der Waals surface area contributed by atoms with E-state index in [1.807, 2.05) is 0 Å². The highest BCUT2D eigenvalue weighted by molar-refractivity contribution is 7.91. The number of hydrogen-bond acceptors (Lipinski definition) is 6. The number of aromatic carboxylic acids is 1. The summed E-state index contributed by atoms with van der Waals surface area (Å²) in [6.45, 7) is 0.366. The highest BCUT2D eigenvalue weighted by Gasteiger charge is 2.29. The van der Waals surface area contributed by atoms with Crippen LogP contribution in [0.15, 0.2) is 5.38 Å². The second-order valence-electron chi connectivity index (χ2n) is 5.00. The van der Waals surface area contributed by atoms with Gasteiger partial charge in [-0.1, -0.05) is 0 Å². The molecule has 1 saturated heterocycles. The molecule has 1 aliphatic heterocycles. The molecule has 9 heteroatoms. The minimum absolute atomic E-state index is 0.0116. The summed E-state index contributed by atoms with van der Waals surface area (Å²) in [5.41, 5.74) is 0.0116. The number of sulfone groups is 1. The molecule has 0 aliphatic carbocycles. The molecule has 1 unspecified atom stereocenters. The molecule has 1 aliphatic rings. The molecule has 0 aromatic carbocycles. The van der Waals surface area contributed by atoms with Gasteiger partial charge in [-0.2, -0.15) is 0 Å². The lowest BCUT2D eigenvalue weighted by Gasteiger charge is -2.07. The molecule has 116 valence electrons. The first kappa shape index (κ1) is 15.9. The van der Waals surface area contributed by atoms with Gasteiger partial charge in [-0.05, 0) is 12.3 Å². The third-order valence-corrected chi connectivity index (χ3v) is 5.98. The highest BCUT2D eigenvalue weighted by Crippen LogP contribution is 2.21. The van der Waals surface area contributed by atoms with Crippen molar-refractivity contribution in [2.45, 2.75) is 19.3 Å². The maximum atomic E-state index is 11.7. The number of carboxylic acid groups (broad SMARTS) is 1. The van der Waals surface area contributed by atoms with Gasteiger partial charge in [0, 0.05) is 24.8 Å². The van der Waals surface area contributed by atoms with Gasteiger partial charge >= 0.3 is 5.97 Å². The quantitative estimate of drug-likeness (QED) is 0.776. The number of nitrogens with one attached hydrogen (secondary N) is 1. The largest absolute Gasteiger partial charge is 0.476 e. The van der Waals surface area contributed by atoms with Crippen LogP contribution in [-0.2, 0) is 21.1 Å². The lowest BCUT2D eigenvalue weighted by atomic mass is 10.1. The van der Waals surface area contributed by atoms with Crippen LogP contribution in [-0.4, -0.2) is 48.4 Å². The van der Waals surface area contributed by atoms with Crippen LogP contribution in [0, 0.1) is 5.92 Å². The molecule has 21 heavy (non-hydrogen) atoms. The van der Waals surface area contributed by atoms with Crippen molar-refractivity contribution in [1.29, 1.82) is 0 Å². The molecule has 7 nitrogen and oxygen atoms in total. The molecule has 0 saturated carbocycles. The van der Waals surface area contributed by atoms with E-state index in [0.29, 0.717) is 24.4 Å². The fourth-order valence-corrected chi connectivity index (χ4v) is 4.83. The molecule has 1 aromatic heterocycles. The summed E-state index contributed by atoms with van der Waals surface area (Å²) >= 11 is 1.24. The van der Waals surface area contributed by atoms with Crippen molar-refractivity contribution < 1.29 is 23.1 Å². The summed E-state index contributed by atoms with van der Waals surface area (Å²) < 4.78 is 22.6. The van der Waals surface area contributed by atoms with Crippen LogP contribution in [0.4, 0.5) is 0 Å². The molecule has 1 atom stereocenters. The second-order valence-corrected chi connectivity index (χ2v) is 8.18. The maximum absolute atomic E-state index is 11.7. The van der Waals surface area contributed by atoms with Crippen LogP contribution < -0.4 is 5.32 Å². The van der Waals surface area contributed by atoms with Crippen LogP contribution in [0.1, 0.15) is 28.3 Å². The molecule has 2 rings (SSSR count). The number of rotatable bonds is 6. The minimum Gasteiger partial charge on any atom is -0.476 e. The normalized spacial score (nSPS) is 20.3. The van der Waals surface area contributed by atoms with Gasteiger partial charge in [0.15, 0.2) is 15.5 Å². The molecule has 1 aromatic rings. The van der Waals surface area contributed by atoms with E-state index in [2.05, 4.69) is 10.3 Å². The molecule has 2 heterocycles. The van der Waals surface area contributed by atoms with Gasteiger partial charge < -0.3 is 10.4 Å². The van der Waals surface area contributed by atoms with Crippen molar-refractivity contribution in [2.24, 2.45) is 5.92 Å². The number of carboxylic acids is 1. The van der Waals surface area contributed by atoms with Crippen LogP contribution in [0.5, 0.6) is 0 Å². The first-order valence-corrected chi connectivity index (χ1v) is 9.20. The number of carbonyl (C=O) groups excluding carboxylic acids is 1. The molecule has 2 N–H and O–H groups in total. The lowest BCUT2D eigenvalue weighted by Crippen LogP contribution is -2.27. The smallest absolute Gasteiger partial charge is 0.355 e. The fraction of sp³-hybridized carbons (Fsp3) is 0.583. The first-order chi connectivity index (χ1) is 9.85. The summed E-state index contributed by atoms with van der Waals surface area (Å²) in [7, 11) is -2.95. The third-order valence-electron chi connectivity index (χ3n) is 3.23. The van der Waals surface area contributed by atoms with Crippen LogP contribution in [0.3, 0.4) is 0 Å². The average molecular weight is 332 g/mol. The van der Waals surface area contributed by atoms with Crippen molar-refractivity contribution in [2.75, 3.05) is 18.1 Å². The van der Waals surface area contributed by atoms with Crippen LogP contribution in [0.2, 0.25) is 0 Å². The lowest BCUT2D eigenvalue weighted by molar-refractivity contribution is -0.121. The Kier molecular flexibility index (Phi) is 4.94. The number of amides is 1. The van der Waals surface area contributed by atoms with E-state index >= 15 is 0 Å². The summed E-state index contributed by atoms with van der Waals surface area (Å²) in [5.74, 6) is -1.07. The van der Waals surface area contributed by atoms with Crippen molar-refractivity contribution in [3.63, 3.8) is 0 Å². The summed E-state index contributed by atoms with van der Waals surface area (Å²) in [5, 5.41) is 13.6. The van der Waals surface area contributed by atoms with Gasteiger partial charge in [0.2, 0.25) is 5.91 Å². The average Bonchev–Trinajstić information content (AvgIpc) is 2.96. The van der Waals surface area contributed by atoms with E-state index in [1.165, 1.54) is 16.7 Å². The van der Waals surface area contributed by atoms with Gasteiger partial charge in [-0.25, -0.2) is 18.2 Å². The van der Waals surface area contributed by atoms with E-state index in [-0.39, 0.29) is 35.4 Å². The van der Waals surface area contributed by atoms with Gasteiger partial charge in [0.1, 0.15) is 0 Å². The molecule has 0 bridgehead atoms. The Balaban J connectivity index is 1.70. The predicted octanol–water partition coefficient (Wildman–Crippen LogP) is 0.325. The molecular weight excluding hydrogens is 316 g/mol. The number of aromatic nitrogens is 1. The summed E-state index contributed by atoms with van der Waals surface area (Å²) in [6, 6.07) is 0. The van der Waals surface area contributed by atoms with Crippen LogP contribution >= 0.6 is 11.3 Å². The van der Waals surface area contributed by atoms with E-state index in [1.54, 1.807) is 0 Å². The van der Waals surface area contributed by atoms with E-state index in [0.717, 1.165) is 0 Å². The minimum atomic E-state index is -2.95. The Morgan fingerprint density at radius 1 is 1.48 bits per heavy atom. The van der Waals surface area contributed by atoms with Crippen molar-refractivity contribution >= 4 is 33.1 Å². The zero-order valence-electron chi connectivity index (χ0n) is 11.2. The highest BCUT2D eigenvalue weighted by atomic mass is 32.2. The SMILES string of the molecule is O=C(CC1CCS(=O)(=O)C1)NCCc1nc(C(=O)O)cs1. The Bertz CT molecular complexity index is 638. The second kappa shape index (κ2) is 6.52. The summed E-state index contributed by atoms with van der Waals surface area (Å²) in [4.78, 5) is 26.3. The standard InChI is InChI=1S/C12H16N2O5S2/c15-10(5-8-2-4-21(18,19)7-8)13-3-1-11-14-9(6-20-11)12(16)17/h6,8H,1-5,7H2,(H,13,15)(H,16,17). The number of nitrogens with zero attached hydrogens (tertiary/aromatic N) is 1. The number of hydrogen-bond donors (Lipinski definition) is 2. The maximum Gasteiger partial charge on any atom is 0.355 e. The van der Waals surface area contributed by atoms with Gasteiger partial charge in [0.25, 0.3) is 0 Å². The molecule has 1 amide bonds. The molecule has 0 spiro atoms. The van der Waals surface area contributed by atoms with Gasteiger partial charge in [0.05, 0.1) is 16.5 Å². The monoisotopic (exact) mass is 332 g/mol. The number of carbonyl (C=O) groups is 2. The predicted molar refractivity (Wildman–Crippen MR) is 77.2 cm³/mol. The van der Waals surface area contributed by atoms with Gasteiger partial charge in [-0.3, -0.25) is 4.79 Å². The zero-order chi connectivity index (χ0) is 15.5. The Morgan fingerprint density at radius 2 is 2.24 bits per heavy atom. The Hall–Kier alpha value is -1.48. The van der Waals surface area contributed by atoms with E-state index in [4.69, 9.17) is 5.11 Å². The van der Waals surface area contributed by atoms with Crippen LogP contribution in [0.25, 0.3) is 0 Å².